The second kappa shape index (κ2) is 5.68. The van der Waals surface area contributed by atoms with Gasteiger partial charge in [0.1, 0.15) is 11.9 Å². The van der Waals surface area contributed by atoms with E-state index in [4.69, 9.17) is 22.4 Å². The molecule has 4 nitrogen and oxygen atoms in total. The summed E-state index contributed by atoms with van der Waals surface area (Å²) in [6, 6.07) is 15.4. The highest BCUT2D eigenvalue weighted by Gasteiger charge is 2.20. The van der Waals surface area contributed by atoms with E-state index in [0.29, 0.717) is 10.9 Å². The normalized spacial score (nSPS) is 17.4. The summed E-state index contributed by atoms with van der Waals surface area (Å²) in [6.07, 6.45) is 0. The lowest BCUT2D eigenvalue weighted by atomic mass is 10.0. The average molecular weight is 299 g/mol. The van der Waals surface area contributed by atoms with Gasteiger partial charge in [-0.1, -0.05) is 41.9 Å². The molecule has 0 aromatic heterocycles. The SMILES string of the molecule is CC1N=C(c2ccccc2)c2cc(Cl)ccc2N=C1NN. The number of hydrogen-bond donors (Lipinski definition) is 2. The topological polar surface area (TPSA) is 62.8 Å². The first-order valence-electron chi connectivity index (χ1n) is 6.67. The summed E-state index contributed by atoms with van der Waals surface area (Å²) in [6.45, 7) is 1.95. The molecule has 1 unspecified atom stereocenters. The monoisotopic (exact) mass is 298 g/mol. The molecule has 106 valence electrons. The van der Waals surface area contributed by atoms with Crippen LogP contribution in [-0.4, -0.2) is 17.6 Å². The largest absolute Gasteiger partial charge is 0.310 e. The molecule has 0 fully saturated rings. The van der Waals surface area contributed by atoms with E-state index in [-0.39, 0.29) is 6.04 Å². The maximum absolute atomic E-state index is 6.15. The minimum Gasteiger partial charge on any atom is -0.310 e. The molecule has 0 radical (unpaired) electrons. The van der Waals surface area contributed by atoms with Gasteiger partial charge < -0.3 is 5.43 Å². The number of nitrogens with zero attached hydrogens (tertiary/aromatic N) is 2. The van der Waals surface area contributed by atoms with Crippen LogP contribution >= 0.6 is 11.6 Å². The van der Waals surface area contributed by atoms with E-state index >= 15 is 0 Å². The molecule has 3 N–H and O–H groups in total. The first kappa shape index (κ1) is 13.8. The molecule has 0 aliphatic carbocycles. The highest BCUT2D eigenvalue weighted by molar-refractivity contribution is 6.31. The molecule has 1 atom stereocenters. The minimum atomic E-state index is -0.156. The number of benzene rings is 2. The maximum atomic E-state index is 6.15. The van der Waals surface area contributed by atoms with E-state index in [1.54, 1.807) is 0 Å². The number of fused-ring (bicyclic) bond motifs is 1. The lowest BCUT2D eigenvalue weighted by molar-refractivity contribution is 0.884. The van der Waals surface area contributed by atoms with Crippen molar-refractivity contribution in [2.24, 2.45) is 15.8 Å². The van der Waals surface area contributed by atoms with Gasteiger partial charge in [0.25, 0.3) is 0 Å². The molecule has 1 aliphatic heterocycles. The summed E-state index contributed by atoms with van der Waals surface area (Å²) in [5.41, 5.74) is 6.24. The molecule has 21 heavy (non-hydrogen) atoms. The Hall–Kier alpha value is -2.17. The second-order valence-electron chi connectivity index (χ2n) is 4.82. The van der Waals surface area contributed by atoms with Gasteiger partial charge in [-0.2, -0.15) is 0 Å². The van der Waals surface area contributed by atoms with E-state index in [0.717, 1.165) is 22.5 Å². The number of rotatable bonds is 1. The Morgan fingerprint density at radius 2 is 1.90 bits per heavy atom. The van der Waals surface area contributed by atoms with Crippen LogP contribution in [0, 0.1) is 0 Å². The van der Waals surface area contributed by atoms with Gasteiger partial charge in [-0.05, 0) is 25.1 Å². The number of nitrogens with one attached hydrogen (secondary N) is 1. The number of aliphatic imine (C=N–C) groups is 2. The number of nitrogens with two attached hydrogens (primary N) is 1. The molecule has 0 saturated heterocycles. The minimum absolute atomic E-state index is 0.156. The third-order valence-electron chi connectivity index (χ3n) is 3.37. The van der Waals surface area contributed by atoms with Crippen molar-refractivity contribution in [3.05, 3.63) is 64.7 Å². The van der Waals surface area contributed by atoms with Crippen LogP contribution in [0.15, 0.2) is 58.5 Å². The fraction of sp³-hybridized carbons (Fsp3) is 0.125. The third-order valence-corrected chi connectivity index (χ3v) is 3.60. The number of hydrogen-bond acceptors (Lipinski definition) is 4. The Morgan fingerprint density at radius 3 is 2.62 bits per heavy atom. The fourth-order valence-corrected chi connectivity index (χ4v) is 2.49. The molecule has 0 spiro atoms. The smallest absolute Gasteiger partial charge is 0.141 e. The zero-order chi connectivity index (χ0) is 14.8. The Morgan fingerprint density at radius 1 is 1.14 bits per heavy atom. The van der Waals surface area contributed by atoms with Crippen molar-refractivity contribution < 1.29 is 0 Å². The van der Waals surface area contributed by atoms with E-state index in [2.05, 4.69) is 10.4 Å². The number of amidine groups is 1. The Labute approximate surface area is 128 Å². The van der Waals surface area contributed by atoms with Crippen LogP contribution in [0.1, 0.15) is 18.1 Å². The fourth-order valence-electron chi connectivity index (χ4n) is 2.32. The van der Waals surface area contributed by atoms with E-state index in [9.17, 15) is 0 Å². The van der Waals surface area contributed by atoms with Gasteiger partial charge in [-0.15, -0.1) is 0 Å². The molecule has 0 saturated carbocycles. The van der Waals surface area contributed by atoms with Crippen LogP contribution in [0.4, 0.5) is 5.69 Å². The van der Waals surface area contributed by atoms with Crippen molar-refractivity contribution in [2.75, 3.05) is 0 Å². The van der Waals surface area contributed by atoms with Crippen LogP contribution in [0.3, 0.4) is 0 Å². The van der Waals surface area contributed by atoms with Gasteiger partial charge >= 0.3 is 0 Å². The second-order valence-corrected chi connectivity index (χ2v) is 5.26. The average Bonchev–Trinajstić information content (AvgIpc) is 2.65. The van der Waals surface area contributed by atoms with Crippen molar-refractivity contribution in [1.82, 2.24) is 5.43 Å². The summed E-state index contributed by atoms with van der Waals surface area (Å²) >= 11 is 6.15. The Balaban J connectivity index is 2.24. The van der Waals surface area contributed by atoms with Gasteiger partial charge in [-0.25, -0.2) is 10.8 Å². The van der Waals surface area contributed by atoms with Crippen molar-refractivity contribution in [3.8, 4) is 0 Å². The summed E-state index contributed by atoms with van der Waals surface area (Å²) in [5.74, 6) is 6.19. The van der Waals surface area contributed by atoms with Crippen LogP contribution in [-0.2, 0) is 0 Å². The standard InChI is InChI=1S/C16H15ClN4/c1-10-16(21-18)20-14-8-7-12(17)9-13(14)15(19-10)11-5-3-2-4-6-11/h2-10H,18H2,1H3,(H,20,21). The van der Waals surface area contributed by atoms with Crippen LogP contribution in [0.5, 0.6) is 0 Å². The van der Waals surface area contributed by atoms with Gasteiger partial charge in [0, 0.05) is 16.1 Å². The van der Waals surface area contributed by atoms with Gasteiger partial charge in [-0.3, -0.25) is 4.99 Å². The number of hydrazine groups is 1. The van der Waals surface area contributed by atoms with Crippen LogP contribution < -0.4 is 11.3 Å². The van der Waals surface area contributed by atoms with Crippen molar-refractivity contribution in [3.63, 3.8) is 0 Å². The Bertz CT molecular complexity index is 722. The molecule has 2 aromatic rings. The molecule has 5 heteroatoms. The molecular formula is C16H15ClN4. The lowest BCUT2D eigenvalue weighted by Crippen LogP contribution is -2.37. The first-order chi connectivity index (χ1) is 10.2. The molecule has 1 heterocycles. The predicted octanol–water partition coefficient (Wildman–Crippen LogP) is 3.07. The highest BCUT2D eigenvalue weighted by Crippen LogP contribution is 2.29. The molecule has 1 aliphatic rings. The van der Waals surface area contributed by atoms with E-state index in [1.807, 2.05) is 55.5 Å². The quantitative estimate of drug-likeness (QED) is 0.628. The summed E-state index contributed by atoms with van der Waals surface area (Å²) in [5, 5.41) is 0.657. The van der Waals surface area contributed by atoms with Gasteiger partial charge in [0.2, 0.25) is 0 Å². The van der Waals surface area contributed by atoms with E-state index in [1.165, 1.54) is 0 Å². The first-order valence-corrected chi connectivity index (χ1v) is 7.05. The number of halogens is 1. The van der Waals surface area contributed by atoms with Gasteiger partial charge in [0.15, 0.2) is 0 Å². The Kier molecular flexibility index (Phi) is 3.73. The zero-order valence-corrected chi connectivity index (χ0v) is 12.3. The maximum Gasteiger partial charge on any atom is 0.141 e. The molecule has 3 rings (SSSR count). The van der Waals surface area contributed by atoms with Crippen LogP contribution in [0.25, 0.3) is 0 Å². The molecular weight excluding hydrogens is 284 g/mol. The van der Waals surface area contributed by atoms with Crippen molar-refractivity contribution in [2.45, 2.75) is 13.0 Å². The lowest BCUT2D eigenvalue weighted by Gasteiger charge is -2.10. The van der Waals surface area contributed by atoms with Crippen molar-refractivity contribution in [1.29, 1.82) is 0 Å². The van der Waals surface area contributed by atoms with Crippen molar-refractivity contribution >= 4 is 28.8 Å². The summed E-state index contributed by atoms with van der Waals surface area (Å²) in [4.78, 5) is 9.33. The summed E-state index contributed by atoms with van der Waals surface area (Å²) < 4.78 is 0. The zero-order valence-electron chi connectivity index (χ0n) is 11.5. The molecule has 0 amide bonds. The van der Waals surface area contributed by atoms with Crippen LogP contribution in [0.2, 0.25) is 5.02 Å². The molecule has 0 bridgehead atoms. The predicted molar refractivity (Wildman–Crippen MR) is 87.4 cm³/mol. The van der Waals surface area contributed by atoms with E-state index < -0.39 is 0 Å². The van der Waals surface area contributed by atoms with Gasteiger partial charge in [0.05, 0.1) is 11.4 Å². The third kappa shape index (κ3) is 2.68. The molecule has 2 aromatic carbocycles. The highest BCUT2D eigenvalue weighted by atomic mass is 35.5. The summed E-state index contributed by atoms with van der Waals surface area (Å²) in [7, 11) is 0.